The van der Waals surface area contributed by atoms with E-state index in [9.17, 15) is 9.59 Å². The Morgan fingerprint density at radius 3 is 2.51 bits per heavy atom. The molecule has 1 saturated heterocycles. The zero-order chi connectivity index (χ0) is 25.1. The Labute approximate surface area is 206 Å². The average Bonchev–Trinajstić information content (AvgIpc) is 3.12. The summed E-state index contributed by atoms with van der Waals surface area (Å²) in [5.41, 5.74) is 4.73. The molecule has 0 aliphatic carbocycles. The van der Waals surface area contributed by atoms with Crippen LogP contribution in [-0.4, -0.2) is 64.0 Å². The van der Waals surface area contributed by atoms with Crippen LogP contribution in [0.4, 0.5) is 5.69 Å². The minimum Gasteiger partial charge on any atom is -0.483 e. The topological polar surface area (TPSA) is 79.7 Å². The Morgan fingerprint density at radius 2 is 1.83 bits per heavy atom. The van der Waals surface area contributed by atoms with Gasteiger partial charge in [0.1, 0.15) is 11.6 Å². The number of nitrogens with zero attached hydrogens (tertiary/aromatic N) is 4. The van der Waals surface area contributed by atoms with E-state index >= 15 is 0 Å². The van der Waals surface area contributed by atoms with Gasteiger partial charge in [-0.2, -0.15) is 0 Å². The molecular weight excluding hydrogens is 442 g/mol. The summed E-state index contributed by atoms with van der Waals surface area (Å²) in [6, 6.07) is 11.9. The number of imidazole rings is 1. The lowest BCUT2D eigenvalue weighted by Crippen LogP contribution is -2.47. The fourth-order valence-corrected chi connectivity index (χ4v) is 4.47. The van der Waals surface area contributed by atoms with E-state index in [4.69, 9.17) is 9.72 Å². The smallest absolute Gasteiger partial charge is 0.262 e. The molecule has 0 radical (unpaired) electrons. The fraction of sp³-hybridized carbons (Fsp3) is 0.444. The van der Waals surface area contributed by atoms with Crippen molar-refractivity contribution in [2.75, 3.05) is 38.1 Å². The minimum atomic E-state index is -0.208. The summed E-state index contributed by atoms with van der Waals surface area (Å²) in [5, 5.41) is 2.93. The Kier molecular flexibility index (Phi) is 7.40. The molecule has 0 atom stereocenters. The number of anilines is 1. The molecule has 2 heterocycles. The van der Waals surface area contributed by atoms with E-state index < -0.39 is 0 Å². The number of ether oxygens (including phenoxy) is 1. The van der Waals surface area contributed by atoms with Crippen molar-refractivity contribution < 1.29 is 14.3 Å². The number of aromatic nitrogens is 2. The highest BCUT2D eigenvalue weighted by Crippen LogP contribution is 2.27. The number of carbonyl (C=O) groups is 2. The van der Waals surface area contributed by atoms with Crippen LogP contribution in [0.1, 0.15) is 43.6 Å². The predicted molar refractivity (Wildman–Crippen MR) is 138 cm³/mol. The van der Waals surface area contributed by atoms with Crippen molar-refractivity contribution in [3.8, 4) is 5.75 Å². The number of piperazine rings is 1. The molecular formula is C27H35N5O3. The Morgan fingerprint density at radius 1 is 1.09 bits per heavy atom. The van der Waals surface area contributed by atoms with Crippen molar-refractivity contribution in [3.05, 3.63) is 53.3 Å². The first-order chi connectivity index (χ1) is 16.7. The van der Waals surface area contributed by atoms with Crippen LogP contribution in [0.3, 0.4) is 0 Å². The van der Waals surface area contributed by atoms with Gasteiger partial charge in [0.25, 0.3) is 5.91 Å². The molecule has 186 valence electrons. The molecule has 3 aromatic rings. The summed E-state index contributed by atoms with van der Waals surface area (Å²) < 4.78 is 7.96. The van der Waals surface area contributed by atoms with E-state index in [1.54, 1.807) is 6.92 Å². The number of hydrogen-bond acceptors (Lipinski definition) is 5. The van der Waals surface area contributed by atoms with Gasteiger partial charge in [-0.25, -0.2) is 4.98 Å². The molecule has 1 aromatic heterocycles. The molecule has 8 nitrogen and oxygen atoms in total. The normalized spacial score (nSPS) is 14.5. The van der Waals surface area contributed by atoms with Crippen molar-refractivity contribution in [1.82, 2.24) is 19.4 Å². The number of benzene rings is 2. The summed E-state index contributed by atoms with van der Waals surface area (Å²) in [7, 11) is 2.01. The van der Waals surface area contributed by atoms with E-state index in [0.717, 1.165) is 66.5 Å². The molecule has 0 unspecified atom stereocenters. The van der Waals surface area contributed by atoms with Gasteiger partial charge in [-0.15, -0.1) is 0 Å². The Balaban J connectivity index is 1.39. The molecule has 4 rings (SSSR count). The summed E-state index contributed by atoms with van der Waals surface area (Å²) in [6.07, 6.45) is 0. The van der Waals surface area contributed by atoms with E-state index in [1.807, 2.05) is 43.1 Å². The fourth-order valence-electron chi connectivity index (χ4n) is 4.47. The predicted octanol–water partition coefficient (Wildman–Crippen LogP) is 3.69. The molecule has 2 aromatic carbocycles. The molecule has 1 N–H and O–H groups in total. The molecule has 1 aliphatic heterocycles. The van der Waals surface area contributed by atoms with Crippen LogP contribution in [0.25, 0.3) is 11.0 Å². The standard InChI is InChI=1S/C27H35N5O3/c1-18(2)22-8-6-19(3)14-25(22)35-17-27(34)28-21-7-9-24-23(15-21)29-26(30(24)5)16-31-10-12-32(13-11-31)20(4)33/h6-9,14-15,18H,10-13,16-17H2,1-5H3,(H,28,34). The van der Waals surface area contributed by atoms with Gasteiger partial charge in [-0.1, -0.05) is 26.0 Å². The molecule has 1 aliphatic rings. The van der Waals surface area contributed by atoms with Crippen LogP contribution >= 0.6 is 0 Å². The molecule has 2 amide bonds. The minimum absolute atomic E-state index is 0.0546. The second-order valence-corrected chi connectivity index (χ2v) is 9.61. The summed E-state index contributed by atoms with van der Waals surface area (Å²) in [5.74, 6) is 1.95. The molecule has 1 fully saturated rings. The summed E-state index contributed by atoms with van der Waals surface area (Å²) >= 11 is 0. The SMILES string of the molecule is CC(=O)N1CCN(Cc2nc3cc(NC(=O)COc4cc(C)ccc4C(C)C)ccc3n2C)CC1. The van der Waals surface area contributed by atoms with Gasteiger partial charge in [-0.05, 0) is 48.2 Å². The van der Waals surface area contributed by atoms with Crippen molar-refractivity contribution in [3.63, 3.8) is 0 Å². The quantitative estimate of drug-likeness (QED) is 0.562. The highest BCUT2D eigenvalue weighted by atomic mass is 16.5. The number of nitrogens with one attached hydrogen (secondary N) is 1. The third-order valence-electron chi connectivity index (χ3n) is 6.59. The van der Waals surface area contributed by atoms with Crippen molar-refractivity contribution in [1.29, 1.82) is 0 Å². The number of rotatable bonds is 7. The molecule has 0 saturated carbocycles. The first-order valence-corrected chi connectivity index (χ1v) is 12.2. The highest BCUT2D eigenvalue weighted by molar-refractivity contribution is 5.94. The van der Waals surface area contributed by atoms with Gasteiger partial charge in [0.15, 0.2) is 6.61 Å². The van der Waals surface area contributed by atoms with Crippen LogP contribution in [0.5, 0.6) is 5.75 Å². The van der Waals surface area contributed by atoms with E-state index in [2.05, 4.69) is 40.8 Å². The van der Waals surface area contributed by atoms with E-state index in [1.165, 1.54) is 0 Å². The lowest BCUT2D eigenvalue weighted by molar-refractivity contribution is -0.130. The summed E-state index contributed by atoms with van der Waals surface area (Å²) in [4.78, 5) is 33.2. The van der Waals surface area contributed by atoms with Crippen LogP contribution in [0.2, 0.25) is 0 Å². The maximum absolute atomic E-state index is 12.6. The van der Waals surface area contributed by atoms with Crippen molar-refractivity contribution in [2.24, 2.45) is 7.05 Å². The Bertz CT molecular complexity index is 1230. The monoisotopic (exact) mass is 477 g/mol. The number of hydrogen-bond donors (Lipinski definition) is 1. The largest absolute Gasteiger partial charge is 0.483 e. The Hall–Kier alpha value is -3.39. The third-order valence-corrected chi connectivity index (χ3v) is 6.59. The summed E-state index contributed by atoms with van der Waals surface area (Å²) in [6.45, 7) is 11.7. The van der Waals surface area contributed by atoms with Crippen LogP contribution in [0.15, 0.2) is 36.4 Å². The lowest BCUT2D eigenvalue weighted by atomic mass is 10.0. The number of fused-ring (bicyclic) bond motifs is 1. The van der Waals surface area contributed by atoms with Gasteiger partial charge in [0, 0.05) is 45.8 Å². The van der Waals surface area contributed by atoms with Crippen molar-refractivity contribution in [2.45, 2.75) is 40.2 Å². The maximum atomic E-state index is 12.6. The van der Waals surface area contributed by atoms with Crippen LogP contribution in [0, 0.1) is 6.92 Å². The van der Waals surface area contributed by atoms with E-state index in [-0.39, 0.29) is 18.4 Å². The zero-order valence-electron chi connectivity index (χ0n) is 21.3. The highest BCUT2D eigenvalue weighted by Gasteiger charge is 2.20. The average molecular weight is 478 g/mol. The first-order valence-electron chi connectivity index (χ1n) is 12.2. The molecule has 0 bridgehead atoms. The van der Waals surface area contributed by atoms with Crippen LogP contribution < -0.4 is 10.1 Å². The third kappa shape index (κ3) is 5.82. The molecule has 8 heteroatoms. The van der Waals surface area contributed by atoms with Gasteiger partial charge >= 0.3 is 0 Å². The molecule has 0 spiro atoms. The number of carbonyl (C=O) groups excluding carboxylic acids is 2. The first kappa shape index (κ1) is 24.7. The van der Waals surface area contributed by atoms with E-state index in [0.29, 0.717) is 11.6 Å². The second-order valence-electron chi connectivity index (χ2n) is 9.61. The number of aryl methyl sites for hydroxylation is 2. The van der Waals surface area contributed by atoms with Gasteiger partial charge in [0.05, 0.1) is 17.6 Å². The van der Waals surface area contributed by atoms with Crippen LogP contribution in [-0.2, 0) is 23.2 Å². The lowest BCUT2D eigenvalue weighted by Gasteiger charge is -2.33. The molecule has 35 heavy (non-hydrogen) atoms. The zero-order valence-corrected chi connectivity index (χ0v) is 21.3. The second kappa shape index (κ2) is 10.5. The van der Waals surface area contributed by atoms with Gasteiger partial charge < -0.3 is 19.5 Å². The van der Waals surface area contributed by atoms with Gasteiger partial charge in [-0.3, -0.25) is 14.5 Å². The maximum Gasteiger partial charge on any atom is 0.262 e. The number of amides is 2. The van der Waals surface area contributed by atoms with Gasteiger partial charge in [0.2, 0.25) is 5.91 Å². The van der Waals surface area contributed by atoms with Crippen molar-refractivity contribution >= 4 is 28.5 Å².